The molecule has 3 N–H and O–H groups in total. The highest BCUT2D eigenvalue weighted by Crippen LogP contribution is 2.26. The van der Waals surface area contributed by atoms with E-state index in [1.54, 1.807) is 11.9 Å². The van der Waals surface area contributed by atoms with Gasteiger partial charge in [-0.3, -0.25) is 4.99 Å². The molecule has 1 unspecified atom stereocenters. The van der Waals surface area contributed by atoms with Crippen molar-refractivity contribution in [1.82, 2.24) is 20.6 Å². The Morgan fingerprint density at radius 3 is 2.70 bits per heavy atom. The number of aliphatic imine (C=N–C) groups is 1. The molecule has 0 amide bonds. The van der Waals surface area contributed by atoms with Crippen LogP contribution in [0.2, 0.25) is 0 Å². The summed E-state index contributed by atoms with van der Waals surface area (Å²) in [4.78, 5) is 13.9. The maximum absolute atomic E-state index is 14.0. The molecule has 2 heterocycles. The second-order valence-electron chi connectivity index (χ2n) is 7.10. The van der Waals surface area contributed by atoms with Gasteiger partial charge in [-0.25, -0.2) is 13.8 Å². The Balaban J connectivity index is 0.00000256. The van der Waals surface area contributed by atoms with Gasteiger partial charge in [0.15, 0.2) is 5.96 Å². The third-order valence-corrected chi connectivity index (χ3v) is 5.10. The van der Waals surface area contributed by atoms with Crippen molar-refractivity contribution < 1.29 is 8.78 Å². The van der Waals surface area contributed by atoms with Crippen LogP contribution in [0.15, 0.2) is 47.5 Å². The first-order valence-electron chi connectivity index (χ1n) is 9.74. The normalized spacial score (nSPS) is 16.6. The molecule has 6 nitrogen and oxygen atoms in total. The minimum absolute atomic E-state index is 0. The summed E-state index contributed by atoms with van der Waals surface area (Å²) in [6, 6.07) is 12.0. The van der Waals surface area contributed by atoms with Gasteiger partial charge >= 0.3 is 0 Å². The van der Waals surface area contributed by atoms with Crippen LogP contribution in [0.25, 0.3) is 11.0 Å². The molecule has 1 atom stereocenters. The molecule has 0 spiro atoms. The number of para-hydroxylation sites is 3. The van der Waals surface area contributed by atoms with E-state index in [2.05, 4.69) is 25.6 Å². The van der Waals surface area contributed by atoms with Crippen molar-refractivity contribution >= 4 is 46.7 Å². The zero-order valence-corrected chi connectivity index (χ0v) is 19.0. The maximum Gasteiger partial charge on any atom is 0.191 e. The maximum atomic E-state index is 14.0. The number of benzene rings is 2. The molecule has 0 bridgehead atoms. The van der Waals surface area contributed by atoms with Crippen LogP contribution in [-0.2, 0) is 6.42 Å². The predicted octanol–water partition coefficient (Wildman–Crippen LogP) is 3.45. The summed E-state index contributed by atoms with van der Waals surface area (Å²) in [6.07, 6.45) is 1.50. The summed E-state index contributed by atoms with van der Waals surface area (Å²) < 4.78 is 28.0. The topological polar surface area (TPSA) is 68.3 Å². The predicted molar refractivity (Wildman–Crippen MR) is 127 cm³/mol. The number of hydrogen-bond acceptors (Lipinski definition) is 3. The number of H-pyrrole nitrogens is 1. The molecule has 0 saturated carbocycles. The van der Waals surface area contributed by atoms with E-state index in [1.807, 2.05) is 24.3 Å². The van der Waals surface area contributed by atoms with E-state index in [9.17, 15) is 8.78 Å². The lowest BCUT2D eigenvalue weighted by molar-refractivity contribution is 0.576. The largest absolute Gasteiger partial charge is 0.365 e. The van der Waals surface area contributed by atoms with Crippen molar-refractivity contribution in [2.75, 3.05) is 31.6 Å². The van der Waals surface area contributed by atoms with Crippen molar-refractivity contribution in [3.63, 3.8) is 0 Å². The van der Waals surface area contributed by atoms with Crippen LogP contribution < -0.4 is 15.5 Å². The van der Waals surface area contributed by atoms with Crippen LogP contribution in [0.4, 0.5) is 14.5 Å². The summed E-state index contributed by atoms with van der Waals surface area (Å²) in [5.41, 5.74) is 2.03. The molecule has 2 aromatic carbocycles. The quantitative estimate of drug-likeness (QED) is 0.271. The smallest absolute Gasteiger partial charge is 0.191 e. The molecule has 0 radical (unpaired) electrons. The fourth-order valence-electron chi connectivity index (χ4n) is 3.68. The molecule has 30 heavy (non-hydrogen) atoms. The lowest BCUT2D eigenvalue weighted by Crippen LogP contribution is -2.45. The van der Waals surface area contributed by atoms with Gasteiger partial charge in [0, 0.05) is 39.1 Å². The van der Waals surface area contributed by atoms with E-state index >= 15 is 0 Å². The summed E-state index contributed by atoms with van der Waals surface area (Å²) in [7, 11) is 1.71. The Morgan fingerprint density at radius 1 is 1.20 bits per heavy atom. The molecular weight excluding hydrogens is 501 g/mol. The average Bonchev–Trinajstić information content (AvgIpc) is 3.33. The van der Waals surface area contributed by atoms with E-state index in [0.717, 1.165) is 29.7 Å². The Labute approximate surface area is 191 Å². The monoisotopic (exact) mass is 526 g/mol. The molecule has 0 aliphatic carbocycles. The van der Waals surface area contributed by atoms with E-state index in [1.165, 1.54) is 18.2 Å². The highest BCUT2D eigenvalue weighted by Gasteiger charge is 2.27. The van der Waals surface area contributed by atoms with Gasteiger partial charge in [-0.15, -0.1) is 24.0 Å². The highest BCUT2D eigenvalue weighted by atomic mass is 127. The van der Waals surface area contributed by atoms with Crippen LogP contribution in [0.5, 0.6) is 0 Å². The lowest BCUT2D eigenvalue weighted by atomic mass is 10.2. The number of aromatic amines is 1. The van der Waals surface area contributed by atoms with Gasteiger partial charge in [-0.05, 0) is 30.7 Å². The number of rotatable bonds is 5. The third-order valence-electron chi connectivity index (χ3n) is 5.10. The second kappa shape index (κ2) is 10.1. The summed E-state index contributed by atoms with van der Waals surface area (Å²) in [5, 5.41) is 6.62. The zero-order chi connectivity index (χ0) is 20.2. The fourth-order valence-corrected chi connectivity index (χ4v) is 3.68. The van der Waals surface area contributed by atoms with E-state index in [4.69, 9.17) is 0 Å². The summed E-state index contributed by atoms with van der Waals surface area (Å²) in [5.74, 6) is 0.524. The van der Waals surface area contributed by atoms with Crippen LogP contribution in [0, 0.1) is 11.6 Å². The number of aromatic nitrogens is 2. The number of guanidine groups is 1. The number of nitrogens with zero attached hydrogens (tertiary/aromatic N) is 3. The number of halogens is 3. The number of anilines is 1. The SMILES string of the molecule is CN=C(NCCc1nc2ccccc2[nH]1)NC1CCN(c2c(F)cccc2F)C1.I. The van der Waals surface area contributed by atoms with Crippen LogP contribution in [-0.4, -0.2) is 48.7 Å². The van der Waals surface area contributed by atoms with E-state index in [0.29, 0.717) is 25.6 Å². The van der Waals surface area contributed by atoms with E-state index < -0.39 is 11.6 Å². The van der Waals surface area contributed by atoms with Gasteiger partial charge < -0.3 is 20.5 Å². The molecular formula is C21H25F2IN6. The number of nitrogens with one attached hydrogen (secondary N) is 3. The third kappa shape index (κ3) is 5.00. The Morgan fingerprint density at radius 2 is 1.97 bits per heavy atom. The molecule has 1 saturated heterocycles. The summed E-state index contributed by atoms with van der Waals surface area (Å²) in [6.45, 7) is 1.77. The summed E-state index contributed by atoms with van der Waals surface area (Å²) >= 11 is 0. The lowest BCUT2D eigenvalue weighted by Gasteiger charge is -2.21. The van der Waals surface area contributed by atoms with Gasteiger partial charge in [0.25, 0.3) is 0 Å². The first-order valence-corrected chi connectivity index (χ1v) is 9.74. The second-order valence-corrected chi connectivity index (χ2v) is 7.10. The first-order chi connectivity index (χ1) is 14.1. The van der Waals surface area contributed by atoms with Crippen molar-refractivity contribution in [3.05, 3.63) is 59.9 Å². The Kier molecular flexibility index (Phi) is 7.46. The molecule has 1 fully saturated rings. The Bertz CT molecular complexity index is 968. The molecule has 9 heteroatoms. The minimum atomic E-state index is -0.529. The number of imidazole rings is 1. The molecule has 3 aromatic rings. The van der Waals surface area contributed by atoms with Crippen molar-refractivity contribution in [3.8, 4) is 0 Å². The minimum Gasteiger partial charge on any atom is -0.365 e. The molecule has 1 aliphatic rings. The highest BCUT2D eigenvalue weighted by molar-refractivity contribution is 14.0. The fraction of sp³-hybridized carbons (Fsp3) is 0.333. The number of fused-ring (bicyclic) bond motifs is 1. The standard InChI is InChI=1S/C21H24F2N6.HI/c1-24-21(25-11-9-19-27-17-7-2-3-8-18(17)28-19)26-14-10-12-29(13-14)20-15(22)5-4-6-16(20)23;/h2-8,14H,9-13H2,1H3,(H,27,28)(H2,24,25,26);1H. The Hall–Kier alpha value is -2.43. The molecule has 4 rings (SSSR count). The zero-order valence-electron chi connectivity index (χ0n) is 16.7. The van der Waals surface area contributed by atoms with Gasteiger partial charge in [0.1, 0.15) is 23.1 Å². The van der Waals surface area contributed by atoms with Gasteiger partial charge in [0.2, 0.25) is 0 Å². The first kappa shape index (κ1) is 22.3. The van der Waals surface area contributed by atoms with Crippen LogP contribution in [0.1, 0.15) is 12.2 Å². The van der Waals surface area contributed by atoms with Crippen molar-refractivity contribution in [2.24, 2.45) is 4.99 Å². The van der Waals surface area contributed by atoms with Crippen molar-refractivity contribution in [1.29, 1.82) is 0 Å². The van der Waals surface area contributed by atoms with Crippen molar-refractivity contribution in [2.45, 2.75) is 18.9 Å². The molecule has 1 aromatic heterocycles. The number of hydrogen-bond donors (Lipinski definition) is 3. The van der Waals surface area contributed by atoms with Crippen LogP contribution in [0.3, 0.4) is 0 Å². The van der Waals surface area contributed by atoms with Crippen LogP contribution >= 0.6 is 24.0 Å². The average molecular weight is 526 g/mol. The van der Waals surface area contributed by atoms with E-state index in [-0.39, 0.29) is 35.7 Å². The van der Waals surface area contributed by atoms with Gasteiger partial charge in [-0.1, -0.05) is 18.2 Å². The molecule has 1 aliphatic heterocycles. The van der Waals surface area contributed by atoms with Gasteiger partial charge in [-0.2, -0.15) is 0 Å². The molecule has 160 valence electrons. The van der Waals surface area contributed by atoms with Gasteiger partial charge in [0.05, 0.1) is 11.0 Å².